The van der Waals surface area contributed by atoms with Crippen molar-refractivity contribution in [2.24, 2.45) is 0 Å². The smallest absolute Gasteiger partial charge is 0.269 e. The maximum absolute atomic E-state index is 11.5. The van der Waals surface area contributed by atoms with Gasteiger partial charge in [0.2, 0.25) is 0 Å². The van der Waals surface area contributed by atoms with Gasteiger partial charge in [-0.2, -0.15) is 0 Å². The van der Waals surface area contributed by atoms with E-state index in [1.807, 2.05) is 18.1 Å². The summed E-state index contributed by atoms with van der Waals surface area (Å²) < 4.78 is 0. The van der Waals surface area contributed by atoms with Gasteiger partial charge in [0.15, 0.2) is 0 Å². The Labute approximate surface area is 116 Å². The highest BCUT2D eigenvalue weighted by Crippen LogP contribution is 2.20. The van der Waals surface area contributed by atoms with Crippen molar-refractivity contribution in [2.45, 2.75) is 26.2 Å². The summed E-state index contributed by atoms with van der Waals surface area (Å²) in [5, 5.41) is 0. The number of pyridine rings is 1. The molecule has 2 rings (SSSR count). The van der Waals surface area contributed by atoms with Crippen molar-refractivity contribution in [3.8, 4) is 0 Å². The molecule has 1 N–H and O–H groups in total. The first-order valence-corrected chi connectivity index (χ1v) is 6.29. The molecule has 0 aliphatic carbocycles. The molecule has 0 bridgehead atoms. The zero-order chi connectivity index (χ0) is 14.5. The number of aryl methyl sites for hydroxylation is 2. The molecule has 0 amide bonds. The van der Waals surface area contributed by atoms with E-state index in [0.29, 0.717) is 17.8 Å². The number of aromatic nitrogens is 3. The summed E-state index contributed by atoms with van der Waals surface area (Å²) in [6.45, 7) is 3.46. The number of nitrogens with one attached hydrogen (secondary N) is 1. The Morgan fingerprint density at radius 3 is 2.90 bits per heavy atom. The molecule has 0 saturated heterocycles. The molecule has 0 saturated carbocycles. The van der Waals surface area contributed by atoms with Gasteiger partial charge in [-0.25, -0.2) is 4.79 Å². The van der Waals surface area contributed by atoms with Gasteiger partial charge in [0.1, 0.15) is 11.6 Å². The summed E-state index contributed by atoms with van der Waals surface area (Å²) >= 11 is 0. The Morgan fingerprint density at radius 2 is 2.25 bits per heavy atom. The van der Waals surface area contributed by atoms with Gasteiger partial charge < -0.3 is 4.98 Å². The van der Waals surface area contributed by atoms with Gasteiger partial charge in [-0.1, -0.05) is 6.07 Å². The van der Waals surface area contributed by atoms with Crippen LogP contribution in [0.25, 0.3) is 0 Å². The number of hydrogen-bond donors (Lipinski definition) is 1. The standard InChI is InChI=1S/C15H15N3O2/c1-10-14(17-11(2)15(20)18-10)8-12(5-7-19)13-4-3-6-16-9-13/h3-6,9,12H,8H2,1-2H3,(H,18,20). The SMILES string of the molecule is Cc1[nH]c(=O)c(C)nc1CC(C=C=O)c1cccnc1. The van der Waals surface area contributed by atoms with Gasteiger partial charge in [-0.15, -0.1) is 0 Å². The molecule has 0 aromatic carbocycles. The molecule has 0 fully saturated rings. The maximum Gasteiger partial charge on any atom is 0.269 e. The first-order valence-electron chi connectivity index (χ1n) is 6.29. The number of nitrogens with zero attached hydrogens (tertiary/aromatic N) is 2. The summed E-state index contributed by atoms with van der Waals surface area (Å²) in [7, 11) is 0. The Kier molecular flexibility index (Phi) is 4.23. The number of aromatic amines is 1. The zero-order valence-corrected chi connectivity index (χ0v) is 11.4. The van der Waals surface area contributed by atoms with Crippen LogP contribution in [0, 0.1) is 13.8 Å². The lowest BCUT2D eigenvalue weighted by atomic mass is 9.95. The van der Waals surface area contributed by atoms with Crippen LogP contribution in [0.15, 0.2) is 35.4 Å². The average molecular weight is 269 g/mol. The highest BCUT2D eigenvalue weighted by atomic mass is 16.1. The molecular formula is C15H15N3O2. The lowest BCUT2D eigenvalue weighted by molar-refractivity contribution is 0.567. The minimum atomic E-state index is -0.185. The Balaban J connectivity index is 2.37. The maximum atomic E-state index is 11.5. The molecule has 20 heavy (non-hydrogen) atoms. The Bertz CT molecular complexity index is 701. The van der Waals surface area contributed by atoms with E-state index in [1.54, 1.807) is 26.2 Å². The third-order valence-corrected chi connectivity index (χ3v) is 3.16. The third-order valence-electron chi connectivity index (χ3n) is 3.16. The summed E-state index contributed by atoms with van der Waals surface area (Å²) in [6.07, 6.45) is 5.37. The molecule has 0 spiro atoms. The predicted molar refractivity (Wildman–Crippen MR) is 75.3 cm³/mol. The third kappa shape index (κ3) is 3.08. The molecule has 102 valence electrons. The van der Waals surface area contributed by atoms with Crippen molar-refractivity contribution in [3.05, 3.63) is 63.6 Å². The molecular weight excluding hydrogens is 254 g/mol. The van der Waals surface area contributed by atoms with Crippen LogP contribution in [0.2, 0.25) is 0 Å². The first kappa shape index (κ1) is 13.9. The van der Waals surface area contributed by atoms with Crippen molar-refractivity contribution in [3.63, 3.8) is 0 Å². The highest BCUT2D eigenvalue weighted by Gasteiger charge is 2.14. The van der Waals surface area contributed by atoms with Crippen LogP contribution in [0.3, 0.4) is 0 Å². The number of carbonyl (C=O) groups excluding carboxylic acids is 1. The predicted octanol–water partition coefficient (Wildman–Crippen LogP) is 1.50. The normalized spacial score (nSPS) is 11.7. The van der Waals surface area contributed by atoms with Gasteiger partial charge in [-0.05, 0) is 25.5 Å². The van der Waals surface area contributed by atoms with Crippen LogP contribution >= 0.6 is 0 Å². The fourth-order valence-corrected chi connectivity index (χ4v) is 2.03. The Morgan fingerprint density at radius 1 is 1.45 bits per heavy atom. The number of H-pyrrole nitrogens is 1. The van der Waals surface area contributed by atoms with Crippen LogP contribution in [-0.2, 0) is 11.2 Å². The Hall–Kier alpha value is -2.52. The van der Waals surface area contributed by atoms with E-state index in [1.165, 1.54) is 6.08 Å². The first-order chi connectivity index (χ1) is 9.61. The van der Waals surface area contributed by atoms with Gasteiger partial charge in [0.05, 0.1) is 5.69 Å². The van der Waals surface area contributed by atoms with E-state index < -0.39 is 0 Å². The van der Waals surface area contributed by atoms with Crippen LogP contribution < -0.4 is 5.56 Å². The van der Waals surface area contributed by atoms with E-state index in [-0.39, 0.29) is 11.5 Å². The molecule has 0 radical (unpaired) electrons. The highest BCUT2D eigenvalue weighted by molar-refractivity contribution is 5.48. The molecule has 5 heteroatoms. The summed E-state index contributed by atoms with van der Waals surface area (Å²) in [6, 6.07) is 3.72. The van der Waals surface area contributed by atoms with E-state index in [2.05, 4.69) is 15.0 Å². The van der Waals surface area contributed by atoms with Gasteiger partial charge in [-0.3, -0.25) is 14.8 Å². The second-order valence-corrected chi connectivity index (χ2v) is 4.60. The molecule has 5 nitrogen and oxygen atoms in total. The monoisotopic (exact) mass is 269 g/mol. The minimum absolute atomic E-state index is 0.155. The van der Waals surface area contributed by atoms with Crippen LogP contribution in [0.1, 0.15) is 28.6 Å². The van der Waals surface area contributed by atoms with E-state index in [4.69, 9.17) is 0 Å². The zero-order valence-electron chi connectivity index (χ0n) is 11.4. The van der Waals surface area contributed by atoms with Crippen molar-refractivity contribution in [1.82, 2.24) is 15.0 Å². The molecule has 0 aliphatic rings. The second kappa shape index (κ2) is 6.08. The van der Waals surface area contributed by atoms with Crippen LogP contribution in [-0.4, -0.2) is 20.9 Å². The molecule has 2 aromatic rings. The van der Waals surface area contributed by atoms with Crippen molar-refractivity contribution in [1.29, 1.82) is 0 Å². The fourth-order valence-electron chi connectivity index (χ4n) is 2.03. The topological polar surface area (TPSA) is 75.7 Å². The molecule has 1 atom stereocenters. The van der Waals surface area contributed by atoms with Crippen molar-refractivity contribution in [2.75, 3.05) is 0 Å². The summed E-state index contributed by atoms with van der Waals surface area (Å²) in [4.78, 5) is 33.3. The molecule has 2 heterocycles. The number of rotatable bonds is 4. The summed E-state index contributed by atoms with van der Waals surface area (Å²) in [5.74, 6) is 1.67. The number of hydrogen-bond acceptors (Lipinski definition) is 4. The van der Waals surface area contributed by atoms with Crippen molar-refractivity contribution >= 4 is 5.94 Å². The quantitative estimate of drug-likeness (QED) is 0.853. The summed E-state index contributed by atoms with van der Waals surface area (Å²) in [5.41, 5.74) is 2.64. The van der Waals surface area contributed by atoms with Crippen molar-refractivity contribution < 1.29 is 4.79 Å². The van der Waals surface area contributed by atoms with Gasteiger partial charge in [0, 0.05) is 36.5 Å². The average Bonchev–Trinajstić information content (AvgIpc) is 2.45. The number of allylic oxidation sites excluding steroid dienone is 1. The molecule has 1 unspecified atom stereocenters. The second-order valence-electron chi connectivity index (χ2n) is 4.60. The van der Waals surface area contributed by atoms with E-state index in [9.17, 15) is 9.59 Å². The minimum Gasteiger partial charge on any atom is -0.323 e. The molecule has 2 aromatic heterocycles. The van der Waals surface area contributed by atoms with Gasteiger partial charge >= 0.3 is 0 Å². The fraction of sp³-hybridized carbons (Fsp3) is 0.267. The van der Waals surface area contributed by atoms with Crippen LogP contribution in [0.5, 0.6) is 0 Å². The van der Waals surface area contributed by atoms with E-state index in [0.717, 1.165) is 11.3 Å². The van der Waals surface area contributed by atoms with Crippen LogP contribution in [0.4, 0.5) is 0 Å². The largest absolute Gasteiger partial charge is 0.323 e. The van der Waals surface area contributed by atoms with E-state index >= 15 is 0 Å². The lowest BCUT2D eigenvalue weighted by Gasteiger charge is -2.13. The lowest BCUT2D eigenvalue weighted by Crippen LogP contribution is -2.17. The molecule has 0 aliphatic heterocycles. The van der Waals surface area contributed by atoms with Gasteiger partial charge in [0.25, 0.3) is 5.56 Å².